The van der Waals surface area contributed by atoms with E-state index in [2.05, 4.69) is 182 Å². The third-order valence-electron chi connectivity index (χ3n) is 22.0. The molecule has 2 N–H and O–H groups in total. The number of hydrogen-bond donors (Lipinski definition) is 2. The molecule has 31 nitrogen and oxygen atoms in total. The Balaban J connectivity index is 0.000000109. The van der Waals surface area contributed by atoms with Crippen molar-refractivity contribution in [1.82, 2.24) is 108 Å². The molecule has 17 aromatic rings. The normalized spacial score (nSPS) is 17.5. The standard InChI is InChI=1S/C24H23N9.C21H22N6O2.2C21H22N6O/c1-30-16-20(15-28-30)18-2-3-19-14-29-33(22(19)12-18)21-4-7-26-24(13-21)32-10-8-31(9-11-32)23-5-6-25-17-27-23;1-25-11-16(10-23-25)14-3-4-15-9-24-27(18(15)7-14)17-5-6-22-21(8-17)26-12-19(28)20(13-26)29-2;1-21(28)6-8-26(14-21)20-10-18(5-7-22-20)27-19-9-15(3-4-16(19)11-24-27)17-12-23-25(2)13-17;1-15-13-26(7-8-28-15)21-10-19(5-6-22-21)27-20-9-16(3-4-17(20)11-24-27)18-12-23-25(2)14-18/h2-7,12-17H,8-11H2,1H3;3-11,19-20,28H,12-13H2,1-2H3;3-5,7,9-13,28H,6,8,14H2,1-2H3;3-6,9-12,14-15H,7-8,13H2,1-2H3/t;19-,20-;;15-/m.0.1/s1. The number of aryl methyl sites for hydroxylation is 4. The molecule has 596 valence electrons. The Kier molecular flexibility index (Phi) is 20.7. The third-order valence-corrected chi connectivity index (χ3v) is 22.0. The fourth-order valence-electron chi connectivity index (χ4n) is 15.7. The van der Waals surface area contributed by atoms with E-state index in [1.165, 1.54) is 0 Å². The van der Waals surface area contributed by atoms with Crippen molar-refractivity contribution in [1.29, 1.82) is 0 Å². The zero-order valence-corrected chi connectivity index (χ0v) is 66.5. The number of rotatable bonds is 14. The van der Waals surface area contributed by atoms with Crippen LogP contribution in [0.4, 0.5) is 29.1 Å². The number of ether oxygens (including phenoxy) is 2. The van der Waals surface area contributed by atoms with E-state index in [1.54, 1.807) is 41.4 Å². The minimum absolute atomic E-state index is 0.201. The summed E-state index contributed by atoms with van der Waals surface area (Å²) in [6.07, 6.45) is 34.0. The van der Waals surface area contributed by atoms with Gasteiger partial charge in [-0.15, -0.1) is 0 Å². The van der Waals surface area contributed by atoms with Crippen molar-refractivity contribution >= 4 is 72.7 Å². The zero-order chi connectivity index (χ0) is 80.5. The number of methoxy groups -OCH3 is 1. The molecule has 4 atom stereocenters. The summed E-state index contributed by atoms with van der Waals surface area (Å²) in [5.41, 5.74) is 16.1. The Morgan fingerprint density at radius 2 is 0.763 bits per heavy atom. The third kappa shape index (κ3) is 16.0. The number of piperazine rings is 1. The maximum Gasteiger partial charge on any atom is 0.132 e. The van der Waals surface area contributed by atoms with Crippen molar-refractivity contribution in [2.24, 2.45) is 28.2 Å². The Bertz CT molecular complexity index is 6220. The summed E-state index contributed by atoms with van der Waals surface area (Å²) in [7, 11) is 9.31. The average Bonchev–Trinajstić information content (AvgIpc) is 1.66. The lowest BCUT2D eigenvalue weighted by molar-refractivity contribution is 0.0217. The summed E-state index contributed by atoms with van der Waals surface area (Å²) >= 11 is 0. The summed E-state index contributed by atoms with van der Waals surface area (Å²) in [5, 5.41) is 60.4. The Hall–Kier alpha value is -13.9. The number of nitrogens with zero attached hydrogens (tertiary/aromatic N) is 27. The molecule has 13 aromatic heterocycles. The van der Waals surface area contributed by atoms with Crippen LogP contribution in [0.2, 0.25) is 0 Å². The summed E-state index contributed by atoms with van der Waals surface area (Å²) in [4.78, 5) is 37.6. The largest absolute Gasteiger partial charge is 0.388 e. The summed E-state index contributed by atoms with van der Waals surface area (Å²) in [5.74, 6) is 4.55. The van der Waals surface area contributed by atoms with Gasteiger partial charge < -0.3 is 44.2 Å². The first kappa shape index (κ1) is 75.5. The second-order valence-electron chi connectivity index (χ2n) is 30.5. The van der Waals surface area contributed by atoms with Gasteiger partial charge in [-0.05, 0) is 97.1 Å². The van der Waals surface area contributed by atoms with Crippen LogP contribution < -0.4 is 24.5 Å². The number of aliphatic hydroxyl groups is 2. The topological polar surface area (TPSA) is 295 Å². The second kappa shape index (κ2) is 32.4. The Morgan fingerprint density at radius 3 is 1.10 bits per heavy atom. The van der Waals surface area contributed by atoms with Gasteiger partial charge in [-0.25, -0.2) is 48.6 Å². The van der Waals surface area contributed by atoms with Crippen LogP contribution in [0.15, 0.2) is 239 Å². The van der Waals surface area contributed by atoms with Crippen LogP contribution in [0.5, 0.6) is 0 Å². The summed E-state index contributed by atoms with van der Waals surface area (Å²) < 4.78 is 26.0. The molecule has 0 bridgehead atoms. The van der Waals surface area contributed by atoms with Gasteiger partial charge in [-0.2, -0.15) is 40.8 Å². The monoisotopic (exact) mass is 1580 g/mol. The molecule has 0 spiro atoms. The number of benzene rings is 4. The van der Waals surface area contributed by atoms with E-state index in [0.717, 1.165) is 199 Å². The fourth-order valence-corrected chi connectivity index (χ4v) is 15.7. The molecule has 21 rings (SSSR count). The lowest BCUT2D eigenvalue weighted by atomic mass is 10.1. The van der Waals surface area contributed by atoms with Crippen molar-refractivity contribution in [3.8, 4) is 67.3 Å². The number of fused-ring (bicyclic) bond motifs is 4. The predicted octanol–water partition coefficient (Wildman–Crippen LogP) is 10.8. The molecule has 0 amide bonds. The summed E-state index contributed by atoms with van der Waals surface area (Å²) in [6, 6.07) is 43.5. The lowest BCUT2D eigenvalue weighted by Crippen LogP contribution is -2.47. The minimum atomic E-state index is -0.658. The highest BCUT2D eigenvalue weighted by molar-refractivity contribution is 5.89. The highest BCUT2D eigenvalue weighted by atomic mass is 16.5. The number of aliphatic hydroxyl groups excluding tert-OH is 1. The van der Waals surface area contributed by atoms with Gasteiger partial charge in [0.05, 0.1) is 119 Å². The maximum atomic E-state index is 10.3. The van der Waals surface area contributed by atoms with Gasteiger partial charge in [0.15, 0.2) is 0 Å². The fraction of sp³-hybridized carbons (Fsp3) is 0.264. The highest BCUT2D eigenvalue weighted by Gasteiger charge is 2.34. The van der Waals surface area contributed by atoms with Gasteiger partial charge in [-0.1, -0.05) is 48.5 Å². The number of β-amino-alcohol motifs (C(OH)–C–C–N with tert-alkyl or cyclic N) is 2. The smallest absolute Gasteiger partial charge is 0.132 e. The minimum Gasteiger partial charge on any atom is -0.388 e. The van der Waals surface area contributed by atoms with Crippen LogP contribution in [0.1, 0.15) is 20.3 Å². The predicted molar refractivity (Wildman–Crippen MR) is 455 cm³/mol. The quantitative estimate of drug-likeness (QED) is 0.102. The molecule has 4 saturated heterocycles. The van der Waals surface area contributed by atoms with Crippen molar-refractivity contribution in [2.75, 3.05) is 104 Å². The van der Waals surface area contributed by atoms with Gasteiger partial charge in [0.1, 0.15) is 41.5 Å². The number of morpholine rings is 1. The van der Waals surface area contributed by atoms with Crippen LogP contribution in [0.25, 0.3) is 111 Å². The second-order valence-corrected chi connectivity index (χ2v) is 30.5. The molecule has 0 radical (unpaired) electrons. The van der Waals surface area contributed by atoms with E-state index in [-0.39, 0.29) is 12.2 Å². The molecule has 4 aliphatic rings. The van der Waals surface area contributed by atoms with Crippen LogP contribution in [-0.2, 0) is 37.7 Å². The number of pyridine rings is 4. The van der Waals surface area contributed by atoms with E-state index in [0.29, 0.717) is 19.6 Å². The first-order chi connectivity index (χ1) is 57.5. The SMILES string of the molecule is CO[C@H]1CN(c2cc(-n3ncc4ccc(-c5cnn(C)c5)cc43)ccn2)C[C@@H]1O.C[C@@H]1CN(c2cc(-n3ncc4ccc(-c5cnn(C)c5)cc43)ccn2)CCO1.Cn1cc(-c2ccc3cnn(-c4ccnc(N5CCC(C)(O)C5)c4)c3c2)cn1.Cn1cc(-c2ccc3cnn(-c4ccnc(N5CCN(c6ccncn6)CC5)c4)c3c2)cn1. The first-order valence-corrected chi connectivity index (χ1v) is 39.3. The number of anilines is 5. The molecular weight excluding hydrogens is 1490 g/mol. The van der Waals surface area contributed by atoms with Gasteiger partial charge in [0.2, 0.25) is 0 Å². The van der Waals surface area contributed by atoms with Crippen LogP contribution >= 0.6 is 0 Å². The molecular formula is C87H89N27O4. The van der Waals surface area contributed by atoms with E-state index in [1.807, 2.05) is 197 Å². The van der Waals surface area contributed by atoms with Gasteiger partial charge in [0, 0.05) is 225 Å². The zero-order valence-electron chi connectivity index (χ0n) is 66.5. The van der Waals surface area contributed by atoms with Crippen LogP contribution in [0, 0.1) is 0 Å². The van der Waals surface area contributed by atoms with Crippen molar-refractivity contribution < 1.29 is 19.7 Å². The van der Waals surface area contributed by atoms with E-state index in [9.17, 15) is 10.2 Å². The van der Waals surface area contributed by atoms with E-state index >= 15 is 0 Å². The first-order valence-electron chi connectivity index (χ1n) is 39.3. The van der Waals surface area contributed by atoms with Gasteiger partial charge >= 0.3 is 0 Å². The molecule has 0 aliphatic carbocycles. The van der Waals surface area contributed by atoms with Crippen molar-refractivity contribution in [3.05, 3.63) is 239 Å². The molecule has 31 heteroatoms. The molecule has 1 unspecified atom stereocenters. The molecule has 4 aliphatic heterocycles. The molecule has 118 heavy (non-hydrogen) atoms. The average molecular weight is 1580 g/mol. The van der Waals surface area contributed by atoms with Crippen LogP contribution in [0.3, 0.4) is 0 Å². The van der Waals surface area contributed by atoms with Gasteiger partial charge in [-0.3, -0.25) is 18.7 Å². The lowest BCUT2D eigenvalue weighted by Gasteiger charge is -2.36. The number of hydrogen-bond acceptors (Lipinski definition) is 23. The molecule has 4 fully saturated rings. The maximum absolute atomic E-state index is 10.3. The number of aromatic nitrogens is 22. The molecule has 17 heterocycles. The van der Waals surface area contributed by atoms with Crippen molar-refractivity contribution in [2.45, 2.75) is 44.2 Å². The van der Waals surface area contributed by atoms with Crippen molar-refractivity contribution in [3.63, 3.8) is 0 Å². The van der Waals surface area contributed by atoms with Crippen LogP contribution in [-0.4, -0.2) is 221 Å². The van der Waals surface area contributed by atoms with E-state index in [4.69, 9.17) is 9.47 Å². The van der Waals surface area contributed by atoms with Gasteiger partial charge in [0.25, 0.3) is 0 Å². The molecule has 0 saturated carbocycles. The molecule has 4 aromatic carbocycles. The summed E-state index contributed by atoms with van der Waals surface area (Å²) in [6.45, 7) is 12.4. The Morgan fingerprint density at radius 1 is 0.381 bits per heavy atom. The highest BCUT2D eigenvalue weighted by Crippen LogP contribution is 2.35. The Labute approximate surface area is 679 Å². The van der Waals surface area contributed by atoms with E-state index < -0.39 is 11.7 Å².